The highest BCUT2D eigenvalue weighted by atomic mass is 32.1. The maximum Gasteiger partial charge on any atom is 0.338 e. The number of nitro groups is 1. The van der Waals surface area contributed by atoms with Crippen molar-refractivity contribution in [3.63, 3.8) is 0 Å². The Morgan fingerprint density at radius 3 is 2.29 bits per heavy atom. The lowest BCUT2D eigenvalue weighted by Gasteiger charge is -2.26. The highest BCUT2D eigenvalue weighted by Gasteiger charge is 2.35. The van der Waals surface area contributed by atoms with Crippen LogP contribution in [0.4, 0.5) is 5.69 Å². The van der Waals surface area contributed by atoms with Crippen LogP contribution >= 0.6 is 11.3 Å². The molecule has 4 aromatic carbocycles. The van der Waals surface area contributed by atoms with E-state index in [1.54, 1.807) is 38.3 Å². The van der Waals surface area contributed by atoms with Crippen molar-refractivity contribution in [2.75, 3.05) is 20.8 Å². The van der Waals surface area contributed by atoms with Crippen molar-refractivity contribution >= 4 is 34.8 Å². The van der Waals surface area contributed by atoms with Crippen LogP contribution in [0.1, 0.15) is 35.2 Å². The van der Waals surface area contributed by atoms with Gasteiger partial charge in [-0.2, -0.15) is 0 Å². The Bertz CT molecular complexity index is 2230. The molecule has 1 aliphatic heterocycles. The normalized spacial score (nSPS) is 14.1. The third-order valence-corrected chi connectivity index (χ3v) is 8.82. The number of aromatic nitrogens is 1. The average Bonchev–Trinajstić information content (AvgIpc) is 3.44. The first-order valence-electron chi connectivity index (χ1n) is 15.3. The lowest BCUT2D eigenvalue weighted by atomic mass is 9.93. The van der Waals surface area contributed by atoms with E-state index in [-0.39, 0.29) is 46.1 Å². The van der Waals surface area contributed by atoms with Crippen LogP contribution in [0.2, 0.25) is 0 Å². The molecular formula is C37H31N3O8S. The largest absolute Gasteiger partial charge is 0.497 e. The average molecular weight is 678 g/mol. The fourth-order valence-corrected chi connectivity index (χ4v) is 6.52. The third-order valence-electron chi connectivity index (χ3n) is 7.84. The summed E-state index contributed by atoms with van der Waals surface area (Å²) in [5, 5.41) is 12.3. The van der Waals surface area contributed by atoms with Crippen molar-refractivity contribution < 1.29 is 28.7 Å². The van der Waals surface area contributed by atoms with E-state index in [0.29, 0.717) is 27.4 Å². The number of rotatable bonds is 11. The molecule has 0 spiro atoms. The Morgan fingerprint density at radius 1 is 0.959 bits per heavy atom. The highest BCUT2D eigenvalue weighted by molar-refractivity contribution is 7.07. The summed E-state index contributed by atoms with van der Waals surface area (Å²) < 4.78 is 23.9. The molecule has 1 aliphatic rings. The molecule has 11 nitrogen and oxygen atoms in total. The number of nitrogens with zero attached hydrogens (tertiary/aromatic N) is 3. The van der Waals surface area contributed by atoms with Crippen molar-refractivity contribution in [3.8, 4) is 17.2 Å². The number of esters is 1. The van der Waals surface area contributed by atoms with E-state index in [1.807, 2.05) is 60.7 Å². The molecule has 0 unspecified atom stereocenters. The Kier molecular flexibility index (Phi) is 9.67. The van der Waals surface area contributed by atoms with Crippen molar-refractivity contribution in [3.05, 3.63) is 155 Å². The molecule has 12 heteroatoms. The number of hydrogen-bond donors (Lipinski definition) is 0. The monoisotopic (exact) mass is 677 g/mol. The molecule has 0 aliphatic carbocycles. The number of fused-ring (bicyclic) bond motifs is 1. The zero-order valence-corrected chi connectivity index (χ0v) is 27.6. The predicted octanol–water partition coefficient (Wildman–Crippen LogP) is 5.44. The second kappa shape index (κ2) is 14.4. The number of benzene rings is 4. The van der Waals surface area contributed by atoms with Crippen LogP contribution < -0.4 is 29.1 Å². The lowest BCUT2D eigenvalue weighted by molar-refractivity contribution is -0.385. The number of thiazole rings is 1. The molecular weight excluding hydrogens is 646 g/mol. The first-order valence-corrected chi connectivity index (χ1v) is 16.1. The molecule has 248 valence electrons. The van der Waals surface area contributed by atoms with Gasteiger partial charge in [0.25, 0.3) is 11.2 Å². The quantitative estimate of drug-likeness (QED) is 0.103. The van der Waals surface area contributed by atoms with Gasteiger partial charge in [0.05, 0.1) is 59.2 Å². The molecule has 0 saturated carbocycles. The van der Waals surface area contributed by atoms with E-state index in [2.05, 4.69) is 0 Å². The molecule has 0 fully saturated rings. The Hall–Kier alpha value is -6.01. The summed E-state index contributed by atoms with van der Waals surface area (Å²) in [6.07, 6.45) is 1.44. The van der Waals surface area contributed by atoms with Gasteiger partial charge in [0.2, 0.25) is 0 Å². The van der Waals surface area contributed by atoms with E-state index in [4.69, 9.17) is 23.9 Å². The van der Waals surface area contributed by atoms with Crippen LogP contribution in [-0.4, -0.2) is 36.3 Å². The van der Waals surface area contributed by atoms with E-state index in [1.165, 1.54) is 29.9 Å². The van der Waals surface area contributed by atoms with Gasteiger partial charge in [0.1, 0.15) is 12.4 Å². The number of ether oxygens (including phenoxy) is 4. The minimum atomic E-state index is -0.920. The number of hydrogen-bond acceptors (Lipinski definition) is 10. The number of nitro benzene ring substituents is 1. The summed E-state index contributed by atoms with van der Waals surface area (Å²) >= 11 is 1.06. The van der Waals surface area contributed by atoms with Crippen molar-refractivity contribution in [2.45, 2.75) is 19.6 Å². The zero-order valence-electron chi connectivity index (χ0n) is 26.8. The van der Waals surface area contributed by atoms with Crippen molar-refractivity contribution in [1.82, 2.24) is 4.57 Å². The molecule has 1 atom stereocenters. The smallest absolute Gasteiger partial charge is 0.338 e. The summed E-state index contributed by atoms with van der Waals surface area (Å²) in [5.74, 6) is 0.417. The molecule has 1 aromatic heterocycles. The van der Waals surface area contributed by atoms with Crippen molar-refractivity contribution in [1.29, 1.82) is 0 Å². The van der Waals surface area contributed by atoms with Crippen LogP contribution in [0.3, 0.4) is 0 Å². The fraction of sp³-hybridized carbons (Fsp3) is 0.162. The van der Waals surface area contributed by atoms with Gasteiger partial charge in [-0.25, -0.2) is 9.79 Å². The van der Waals surface area contributed by atoms with Gasteiger partial charge in [0.15, 0.2) is 16.3 Å². The maximum absolute atomic E-state index is 14.3. The van der Waals surface area contributed by atoms with Crippen LogP contribution in [0.5, 0.6) is 17.2 Å². The highest BCUT2D eigenvalue weighted by Crippen LogP contribution is 2.37. The Morgan fingerprint density at radius 2 is 1.65 bits per heavy atom. The minimum absolute atomic E-state index is 0.112. The summed E-state index contributed by atoms with van der Waals surface area (Å²) in [6.45, 7) is 1.99. The van der Waals surface area contributed by atoms with Crippen LogP contribution in [0.15, 0.2) is 112 Å². The van der Waals surface area contributed by atoms with Gasteiger partial charge in [-0.3, -0.25) is 19.5 Å². The van der Waals surface area contributed by atoms with E-state index in [0.717, 1.165) is 16.9 Å². The standard InChI is InChI=1S/C37H31N3O8S/c1-4-47-36(42)32-33(24-13-9-6-10-14-24)38-37-39(34(32)25-15-17-27(45-2)18-16-25)35(41)31(49-37)20-26-19-29(46-3)30(21-28(26)40(43)44)48-22-23-11-7-5-8-12-23/h5-21,34H,4,22H2,1-3H3/b31-20-/t34-/m1/s1. The molecule has 2 heterocycles. The molecule has 49 heavy (non-hydrogen) atoms. The zero-order chi connectivity index (χ0) is 34.5. The molecule has 0 amide bonds. The number of carbonyl (C=O) groups excluding carboxylic acids is 1. The second-order valence-corrected chi connectivity index (χ2v) is 11.8. The van der Waals surface area contributed by atoms with Crippen LogP contribution in [0, 0.1) is 10.1 Å². The molecule has 0 saturated heterocycles. The van der Waals surface area contributed by atoms with Gasteiger partial charge < -0.3 is 18.9 Å². The van der Waals surface area contributed by atoms with Gasteiger partial charge in [-0.05, 0) is 42.3 Å². The van der Waals surface area contributed by atoms with Crippen LogP contribution in [0.25, 0.3) is 11.8 Å². The summed E-state index contributed by atoms with van der Waals surface area (Å²) in [7, 11) is 2.98. The predicted molar refractivity (Wildman–Crippen MR) is 184 cm³/mol. The Balaban J connectivity index is 1.55. The molecule has 5 aromatic rings. The van der Waals surface area contributed by atoms with Crippen LogP contribution in [-0.2, 0) is 16.1 Å². The first-order chi connectivity index (χ1) is 23.8. The SMILES string of the molecule is CCOC(=O)C1=C(c2ccccc2)N=c2s/c(=C\c3cc(OC)c(OCc4ccccc4)cc3[N+](=O)[O-])c(=O)n2[C@@H]1c1ccc(OC)cc1. The number of methoxy groups -OCH3 is 2. The molecule has 0 radical (unpaired) electrons. The van der Waals surface area contributed by atoms with Gasteiger partial charge >= 0.3 is 5.97 Å². The topological polar surface area (TPSA) is 131 Å². The number of carbonyl (C=O) groups is 1. The second-order valence-electron chi connectivity index (χ2n) is 10.8. The van der Waals surface area contributed by atoms with E-state index < -0.39 is 22.5 Å². The summed E-state index contributed by atoms with van der Waals surface area (Å²) in [5.41, 5.74) is 2.06. The maximum atomic E-state index is 14.3. The lowest BCUT2D eigenvalue weighted by Crippen LogP contribution is -2.40. The minimum Gasteiger partial charge on any atom is -0.497 e. The van der Waals surface area contributed by atoms with E-state index >= 15 is 0 Å². The molecule has 0 N–H and O–H groups in total. The van der Waals surface area contributed by atoms with Gasteiger partial charge in [0, 0.05) is 5.56 Å². The van der Waals surface area contributed by atoms with E-state index in [9.17, 15) is 19.7 Å². The fourth-order valence-electron chi connectivity index (χ4n) is 5.53. The Labute approximate surface area is 284 Å². The first kappa shape index (κ1) is 32.9. The molecule has 0 bridgehead atoms. The van der Waals surface area contributed by atoms with Gasteiger partial charge in [-0.15, -0.1) is 0 Å². The summed E-state index contributed by atoms with van der Waals surface area (Å²) in [4.78, 5) is 44.9. The van der Waals surface area contributed by atoms with Crippen molar-refractivity contribution in [2.24, 2.45) is 4.99 Å². The van der Waals surface area contributed by atoms with Gasteiger partial charge in [-0.1, -0.05) is 84.1 Å². The third kappa shape index (κ3) is 6.72. The summed E-state index contributed by atoms with van der Waals surface area (Å²) in [6, 6.07) is 27.4. The molecule has 6 rings (SSSR count).